The summed E-state index contributed by atoms with van der Waals surface area (Å²) in [5, 5.41) is 20.4. The number of aryl methyl sites for hydroxylation is 2. The van der Waals surface area contributed by atoms with Crippen molar-refractivity contribution in [3.05, 3.63) is 106 Å². The number of Topliss-reactive ketones (excluding diaryl/α,β-unsaturated/α-hetero) is 1. The van der Waals surface area contributed by atoms with Gasteiger partial charge in [-0.1, -0.05) is 66.4 Å². The van der Waals surface area contributed by atoms with Gasteiger partial charge >= 0.3 is 5.91 Å². The first-order valence-electron chi connectivity index (χ1n) is 14.0. The van der Waals surface area contributed by atoms with Gasteiger partial charge in [0.1, 0.15) is 22.9 Å². The first-order chi connectivity index (χ1) is 21.3. The largest absolute Gasteiger partial charge is 0.505 e. The summed E-state index contributed by atoms with van der Waals surface area (Å²) < 4.78 is 22.4. The van der Waals surface area contributed by atoms with Gasteiger partial charge in [0.05, 0.1) is 23.9 Å². The Kier molecular flexibility index (Phi) is 8.19. The van der Waals surface area contributed by atoms with E-state index in [1.165, 1.54) is 22.7 Å². The Hall–Kier alpha value is -4.55. The maximum absolute atomic E-state index is 14.2. The Balaban J connectivity index is 1.45. The van der Waals surface area contributed by atoms with Gasteiger partial charge < -0.3 is 14.2 Å². The fourth-order valence-electron chi connectivity index (χ4n) is 5.13. The van der Waals surface area contributed by atoms with Crippen molar-refractivity contribution in [3.8, 4) is 5.75 Å². The van der Waals surface area contributed by atoms with E-state index in [1.807, 2.05) is 36.6 Å². The number of fused-ring (bicyclic) bond motifs is 1. The Morgan fingerprint density at radius 2 is 1.91 bits per heavy atom. The average molecular weight is 630 g/mol. The van der Waals surface area contributed by atoms with Crippen molar-refractivity contribution in [2.24, 2.45) is 0 Å². The summed E-state index contributed by atoms with van der Waals surface area (Å²) in [5.74, 6) is -1.54. The molecule has 1 atom stereocenters. The molecule has 0 spiro atoms. The van der Waals surface area contributed by atoms with E-state index in [2.05, 4.69) is 15.2 Å². The van der Waals surface area contributed by atoms with Crippen molar-refractivity contribution in [1.29, 1.82) is 0 Å². The van der Waals surface area contributed by atoms with E-state index in [1.54, 1.807) is 49.4 Å². The number of anilines is 1. The molecular formula is C32H28FN5O4S2. The SMILES string of the molecule is CCCOc1cccc(C2C(=C(O)c3nc4c(C)cccn4c3C)C(=O)C(=O)N2c2nnc(SCc3ccccc3F)s2)c1. The highest BCUT2D eigenvalue weighted by molar-refractivity contribution is 8.00. The Labute approximate surface area is 261 Å². The molecule has 4 heterocycles. The quantitative estimate of drug-likeness (QED) is 0.0635. The van der Waals surface area contributed by atoms with Crippen LogP contribution in [0.1, 0.15) is 47.5 Å². The molecule has 0 aliphatic carbocycles. The van der Waals surface area contributed by atoms with E-state index >= 15 is 0 Å². The molecule has 1 unspecified atom stereocenters. The van der Waals surface area contributed by atoms with Crippen LogP contribution in [0.5, 0.6) is 5.75 Å². The zero-order chi connectivity index (χ0) is 31.0. The number of ketones is 1. The first-order valence-corrected chi connectivity index (χ1v) is 15.8. The van der Waals surface area contributed by atoms with Crippen LogP contribution >= 0.6 is 23.1 Å². The van der Waals surface area contributed by atoms with Crippen molar-refractivity contribution in [3.63, 3.8) is 0 Å². The van der Waals surface area contributed by atoms with Gasteiger partial charge in [-0.2, -0.15) is 0 Å². The van der Waals surface area contributed by atoms with Gasteiger partial charge in [0.25, 0.3) is 5.78 Å². The predicted molar refractivity (Wildman–Crippen MR) is 168 cm³/mol. The summed E-state index contributed by atoms with van der Waals surface area (Å²) in [7, 11) is 0. The fourth-order valence-corrected chi connectivity index (χ4v) is 6.98. The summed E-state index contributed by atoms with van der Waals surface area (Å²) in [6, 6.07) is 16.3. The molecule has 9 nitrogen and oxygen atoms in total. The van der Waals surface area contributed by atoms with Crippen LogP contribution in [0.3, 0.4) is 0 Å². The number of imidazole rings is 1. The standard InChI is InChI=1S/C32H28FN5O4S2/c1-4-15-42-22-12-7-11-20(16-22)26-24(27(39)25-19(3)37-14-8-9-18(2)29(37)34-25)28(40)30(41)38(26)31-35-36-32(44-31)43-17-21-10-5-6-13-23(21)33/h5-14,16,26,39H,4,15,17H2,1-3H3. The van der Waals surface area contributed by atoms with E-state index in [0.29, 0.717) is 44.9 Å². The summed E-state index contributed by atoms with van der Waals surface area (Å²) in [4.78, 5) is 33.3. The minimum Gasteiger partial charge on any atom is -0.505 e. The highest BCUT2D eigenvalue weighted by atomic mass is 32.2. The fraction of sp³-hybridized carbons (Fsp3) is 0.219. The summed E-state index contributed by atoms with van der Waals surface area (Å²) in [5.41, 5.74) is 3.30. The molecule has 44 heavy (non-hydrogen) atoms. The third-order valence-corrected chi connectivity index (χ3v) is 9.41. The number of ether oxygens (including phenoxy) is 1. The van der Waals surface area contributed by atoms with Crippen molar-refractivity contribution in [2.45, 2.75) is 43.3 Å². The molecule has 1 saturated heterocycles. The van der Waals surface area contributed by atoms with Crippen molar-refractivity contribution in [1.82, 2.24) is 19.6 Å². The van der Waals surface area contributed by atoms with E-state index in [9.17, 15) is 19.1 Å². The smallest absolute Gasteiger partial charge is 0.301 e. The van der Waals surface area contributed by atoms with Crippen LogP contribution in [-0.2, 0) is 15.3 Å². The molecule has 12 heteroatoms. The summed E-state index contributed by atoms with van der Waals surface area (Å²) >= 11 is 2.39. The van der Waals surface area contributed by atoms with Crippen LogP contribution in [-0.4, -0.2) is 43.0 Å². The van der Waals surface area contributed by atoms with Crippen LogP contribution in [0, 0.1) is 19.7 Å². The molecule has 1 aliphatic rings. The second-order valence-corrected chi connectivity index (χ2v) is 12.4. The third-order valence-electron chi connectivity index (χ3n) is 7.31. The lowest BCUT2D eigenvalue weighted by Crippen LogP contribution is -2.29. The minimum absolute atomic E-state index is 0.109. The Morgan fingerprint density at radius 1 is 1.09 bits per heavy atom. The minimum atomic E-state index is -1.03. The molecule has 1 fully saturated rings. The molecule has 1 N–H and O–H groups in total. The molecule has 224 valence electrons. The highest BCUT2D eigenvalue weighted by Gasteiger charge is 2.49. The number of carbonyl (C=O) groups is 2. The zero-order valence-corrected chi connectivity index (χ0v) is 25.8. The molecular weight excluding hydrogens is 602 g/mol. The molecule has 5 aromatic rings. The van der Waals surface area contributed by atoms with Gasteiger partial charge in [0.2, 0.25) is 5.13 Å². The number of amides is 1. The molecule has 6 rings (SSSR count). The van der Waals surface area contributed by atoms with E-state index in [-0.39, 0.29) is 28.0 Å². The van der Waals surface area contributed by atoms with E-state index in [0.717, 1.165) is 23.3 Å². The Bertz CT molecular complexity index is 1930. The summed E-state index contributed by atoms with van der Waals surface area (Å²) in [6.45, 7) is 6.18. The Morgan fingerprint density at radius 3 is 2.68 bits per heavy atom. The second kappa shape index (κ2) is 12.2. The number of nitrogens with zero attached hydrogens (tertiary/aromatic N) is 5. The van der Waals surface area contributed by atoms with Gasteiger partial charge in [-0.3, -0.25) is 14.5 Å². The number of hydrogen-bond donors (Lipinski definition) is 1. The first kappa shape index (κ1) is 29.5. The lowest BCUT2D eigenvalue weighted by atomic mass is 9.96. The number of halogens is 1. The molecule has 1 amide bonds. The summed E-state index contributed by atoms with van der Waals surface area (Å²) in [6.07, 6.45) is 2.63. The van der Waals surface area contributed by atoms with E-state index < -0.39 is 17.7 Å². The van der Waals surface area contributed by atoms with Gasteiger partial charge in [-0.25, -0.2) is 9.37 Å². The van der Waals surface area contributed by atoms with Crippen LogP contribution in [0.4, 0.5) is 9.52 Å². The lowest BCUT2D eigenvalue weighted by molar-refractivity contribution is -0.132. The monoisotopic (exact) mass is 629 g/mol. The number of carbonyl (C=O) groups excluding carboxylic acids is 2. The average Bonchev–Trinajstić information content (AvgIpc) is 3.70. The normalized spacial score (nSPS) is 16.3. The molecule has 1 aliphatic heterocycles. The second-order valence-electron chi connectivity index (χ2n) is 10.3. The number of aliphatic hydroxyl groups is 1. The number of hydrogen-bond acceptors (Lipinski definition) is 9. The van der Waals surface area contributed by atoms with Gasteiger partial charge in [0, 0.05) is 11.9 Å². The maximum Gasteiger partial charge on any atom is 0.301 e. The zero-order valence-electron chi connectivity index (χ0n) is 24.2. The van der Waals surface area contributed by atoms with Crippen LogP contribution in [0.25, 0.3) is 11.4 Å². The number of thioether (sulfide) groups is 1. The highest BCUT2D eigenvalue weighted by Crippen LogP contribution is 2.45. The van der Waals surface area contributed by atoms with Gasteiger partial charge in [0.15, 0.2) is 10.1 Å². The molecule has 3 aromatic heterocycles. The maximum atomic E-state index is 14.2. The lowest BCUT2D eigenvalue weighted by Gasteiger charge is -2.23. The van der Waals surface area contributed by atoms with Crippen molar-refractivity contribution < 1.29 is 23.8 Å². The van der Waals surface area contributed by atoms with Crippen LogP contribution < -0.4 is 9.64 Å². The van der Waals surface area contributed by atoms with Crippen LogP contribution in [0.2, 0.25) is 0 Å². The number of benzene rings is 2. The molecule has 0 radical (unpaired) electrons. The predicted octanol–water partition coefficient (Wildman–Crippen LogP) is 6.65. The van der Waals surface area contributed by atoms with Gasteiger partial charge in [-0.15, -0.1) is 10.2 Å². The topological polar surface area (TPSA) is 110 Å². The number of aliphatic hydroxyl groups excluding tert-OH is 1. The van der Waals surface area contributed by atoms with Crippen molar-refractivity contribution >= 4 is 51.3 Å². The number of rotatable bonds is 9. The van der Waals surface area contributed by atoms with E-state index in [4.69, 9.17) is 4.74 Å². The molecule has 0 bridgehead atoms. The van der Waals surface area contributed by atoms with Gasteiger partial charge in [-0.05, 0) is 61.2 Å². The van der Waals surface area contributed by atoms with Crippen LogP contribution in [0.15, 0.2) is 76.8 Å². The number of aromatic nitrogens is 4. The molecule has 0 saturated carbocycles. The van der Waals surface area contributed by atoms with Crippen molar-refractivity contribution in [2.75, 3.05) is 11.5 Å². The molecule has 2 aromatic carbocycles. The number of pyridine rings is 1. The third kappa shape index (κ3) is 5.35.